The van der Waals surface area contributed by atoms with Crippen molar-refractivity contribution in [3.63, 3.8) is 0 Å². The first-order chi connectivity index (χ1) is 7.88. The minimum absolute atomic E-state index is 0.422. The van der Waals surface area contributed by atoms with E-state index >= 15 is 0 Å². The van der Waals surface area contributed by atoms with E-state index in [1.807, 2.05) is 0 Å². The van der Waals surface area contributed by atoms with Gasteiger partial charge in [-0.3, -0.25) is 9.82 Å². The third kappa shape index (κ3) is 3.44. The quantitative estimate of drug-likeness (QED) is 0.805. The maximum atomic E-state index is 12.0. The maximum Gasteiger partial charge on any atom is 0.235 e. The van der Waals surface area contributed by atoms with Crippen molar-refractivity contribution in [1.29, 1.82) is 0 Å². The Morgan fingerprint density at radius 2 is 2.12 bits per heavy atom. The molecule has 17 heavy (non-hydrogen) atoms. The normalized spacial score (nSPS) is 13.6. The summed E-state index contributed by atoms with van der Waals surface area (Å²) in [5.41, 5.74) is 1.89. The van der Waals surface area contributed by atoms with Gasteiger partial charge in [0.2, 0.25) is 10.0 Å². The molecule has 0 saturated heterocycles. The van der Waals surface area contributed by atoms with Crippen LogP contribution in [0, 0.1) is 13.8 Å². The number of nitrogens with zero attached hydrogens (tertiary/aromatic N) is 1. The number of aromatic amines is 1. The SMILES string of the molecule is COCC[C@@H](C)S(=O)(=O)Nc1c(C)n[nH]c1C. The largest absolute Gasteiger partial charge is 0.385 e. The number of hydrogen-bond donors (Lipinski definition) is 2. The highest BCUT2D eigenvalue weighted by Gasteiger charge is 2.22. The first kappa shape index (κ1) is 14.0. The molecule has 0 fully saturated rings. The maximum absolute atomic E-state index is 12.0. The molecule has 0 radical (unpaired) electrons. The summed E-state index contributed by atoms with van der Waals surface area (Å²) in [6.07, 6.45) is 0.460. The Morgan fingerprint density at radius 1 is 1.47 bits per heavy atom. The second-order valence-electron chi connectivity index (χ2n) is 4.05. The van der Waals surface area contributed by atoms with Crippen LogP contribution in [-0.4, -0.2) is 37.6 Å². The molecule has 1 aromatic heterocycles. The monoisotopic (exact) mass is 261 g/mol. The smallest absolute Gasteiger partial charge is 0.235 e. The molecule has 0 saturated carbocycles. The Labute approximate surface area is 102 Å². The van der Waals surface area contributed by atoms with Gasteiger partial charge in [-0.15, -0.1) is 0 Å². The molecule has 6 nitrogen and oxygen atoms in total. The van der Waals surface area contributed by atoms with E-state index in [9.17, 15) is 8.42 Å². The van der Waals surface area contributed by atoms with Crippen molar-refractivity contribution in [2.45, 2.75) is 32.4 Å². The van der Waals surface area contributed by atoms with Crippen LogP contribution < -0.4 is 4.72 Å². The highest BCUT2D eigenvalue weighted by Crippen LogP contribution is 2.19. The van der Waals surface area contributed by atoms with Crippen LogP contribution in [0.3, 0.4) is 0 Å². The van der Waals surface area contributed by atoms with E-state index in [0.717, 1.165) is 0 Å². The number of rotatable bonds is 6. The van der Waals surface area contributed by atoms with Crippen LogP contribution in [0.25, 0.3) is 0 Å². The third-order valence-electron chi connectivity index (χ3n) is 2.63. The van der Waals surface area contributed by atoms with Crippen molar-refractivity contribution in [2.75, 3.05) is 18.4 Å². The van der Waals surface area contributed by atoms with Gasteiger partial charge in [0.1, 0.15) is 0 Å². The van der Waals surface area contributed by atoms with Crippen LogP contribution in [0.1, 0.15) is 24.7 Å². The molecule has 1 aromatic rings. The molecular formula is C10H19N3O3S. The van der Waals surface area contributed by atoms with Crippen LogP contribution in [0.2, 0.25) is 0 Å². The first-order valence-electron chi connectivity index (χ1n) is 5.40. The van der Waals surface area contributed by atoms with Crippen LogP contribution in [-0.2, 0) is 14.8 Å². The molecule has 0 bridgehead atoms. The molecule has 1 atom stereocenters. The number of aromatic nitrogens is 2. The van der Waals surface area contributed by atoms with Crippen molar-refractivity contribution >= 4 is 15.7 Å². The average molecular weight is 261 g/mol. The van der Waals surface area contributed by atoms with E-state index in [1.165, 1.54) is 0 Å². The number of H-pyrrole nitrogens is 1. The Hall–Kier alpha value is -1.08. The second-order valence-corrected chi connectivity index (χ2v) is 6.15. The zero-order chi connectivity index (χ0) is 13.1. The van der Waals surface area contributed by atoms with Crippen LogP contribution in [0.15, 0.2) is 0 Å². The van der Waals surface area contributed by atoms with Gasteiger partial charge in [0.15, 0.2) is 0 Å². The predicted octanol–water partition coefficient (Wildman–Crippen LogP) is 1.19. The summed E-state index contributed by atoms with van der Waals surface area (Å²) in [6.45, 7) is 5.61. The molecule has 98 valence electrons. The molecule has 1 heterocycles. The molecule has 0 aromatic carbocycles. The van der Waals surface area contributed by atoms with E-state index < -0.39 is 15.3 Å². The summed E-state index contributed by atoms with van der Waals surface area (Å²) in [7, 11) is -1.84. The summed E-state index contributed by atoms with van der Waals surface area (Å²) in [6, 6.07) is 0. The van der Waals surface area contributed by atoms with Gasteiger partial charge in [-0.1, -0.05) is 0 Å². The number of ether oxygens (including phenoxy) is 1. The fourth-order valence-corrected chi connectivity index (χ4v) is 2.58. The van der Waals surface area contributed by atoms with Gasteiger partial charge in [-0.2, -0.15) is 5.10 Å². The van der Waals surface area contributed by atoms with Gasteiger partial charge in [0, 0.05) is 13.7 Å². The topological polar surface area (TPSA) is 84.1 Å². The number of aryl methyl sites for hydroxylation is 2. The number of nitrogens with one attached hydrogen (secondary N) is 2. The van der Waals surface area contributed by atoms with Crippen molar-refractivity contribution in [3.05, 3.63) is 11.4 Å². The second kappa shape index (κ2) is 5.50. The minimum Gasteiger partial charge on any atom is -0.385 e. The van der Waals surface area contributed by atoms with E-state index in [-0.39, 0.29) is 0 Å². The van der Waals surface area contributed by atoms with Crippen LogP contribution in [0.4, 0.5) is 5.69 Å². The lowest BCUT2D eigenvalue weighted by Crippen LogP contribution is -2.26. The van der Waals surface area contributed by atoms with Gasteiger partial charge in [0.25, 0.3) is 0 Å². The molecule has 0 aliphatic rings. The summed E-state index contributed by atoms with van der Waals surface area (Å²) >= 11 is 0. The highest BCUT2D eigenvalue weighted by atomic mass is 32.2. The molecule has 0 unspecified atom stereocenters. The Bertz CT molecular complexity index is 448. The zero-order valence-electron chi connectivity index (χ0n) is 10.6. The number of anilines is 1. The third-order valence-corrected chi connectivity index (χ3v) is 4.41. The fraction of sp³-hybridized carbons (Fsp3) is 0.700. The van der Waals surface area contributed by atoms with Crippen molar-refractivity contribution in [2.24, 2.45) is 0 Å². The highest BCUT2D eigenvalue weighted by molar-refractivity contribution is 7.93. The minimum atomic E-state index is -3.39. The molecule has 0 amide bonds. The van der Waals surface area contributed by atoms with Crippen molar-refractivity contribution in [1.82, 2.24) is 10.2 Å². The van der Waals surface area contributed by atoms with Crippen molar-refractivity contribution in [3.8, 4) is 0 Å². The van der Waals surface area contributed by atoms with E-state index in [1.54, 1.807) is 27.9 Å². The Kier molecular flexibility index (Phi) is 4.53. The van der Waals surface area contributed by atoms with E-state index in [4.69, 9.17) is 4.74 Å². The lowest BCUT2D eigenvalue weighted by atomic mass is 10.3. The van der Waals surface area contributed by atoms with Gasteiger partial charge < -0.3 is 4.74 Å². The van der Waals surface area contributed by atoms with Gasteiger partial charge in [-0.05, 0) is 27.2 Å². The van der Waals surface area contributed by atoms with Gasteiger partial charge in [-0.25, -0.2) is 8.42 Å². The van der Waals surface area contributed by atoms with E-state index in [2.05, 4.69) is 14.9 Å². The first-order valence-corrected chi connectivity index (χ1v) is 6.95. The Morgan fingerprint density at radius 3 is 2.59 bits per heavy atom. The zero-order valence-corrected chi connectivity index (χ0v) is 11.4. The fourth-order valence-electron chi connectivity index (χ4n) is 1.38. The number of methoxy groups -OCH3 is 1. The molecule has 1 rings (SSSR count). The van der Waals surface area contributed by atoms with Crippen molar-refractivity contribution < 1.29 is 13.2 Å². The molecule has 0 aliphatic heterocycles. The summed E-state index contributed by atoms with van der Waals surface area (Å²) < 4.78 is 31.4. The lowest BCUT2D eigenvalue weighted by molar-refractivity contribution is 0.194. The molecular weight excluding hydrogens is 242 g/mol. The van der Waals surface area contributed by atoms with Crippen LogP contribution >= 0.6 is 0 Å². The Balaban J connectivity index is 2.80. The van der Waals surface area contributed by atoms with Gasteiger partial charge in [0.05, 0.1) is 22.3 Å². The summed E-state index contributed by atoms with van der Waals surface area (Å²) in [5, 5.41) is 6.18. The molecule has 7 heteroatoms. The summed E-state index contributed by atoms with van der Waals surface area (Å²) in [5.74, 6) is 0. The average Bonchev–Trinajstić information content (AvgIpc) is 2.57. The predicted molar refractivity (Wildman–Crippen MR) is 66.6 cm³/mol. The van der Waals surface area contributed by atoms with Crippen LogP contribution in [0.5, 0.6) is 0 Å². The summed E-state index contributed by atoms with van der Waals surface area (Å²) in [4.78, 5) is 0. The molecule has 2 N–H and O–H groups in total. The lowest BCUT2D eigenvalue weighted by Gasteiger charge is -2.14. The molecule has 0 aliphatic carbocycles. The standard InChI is InChI=1S/C10H19N3O3S/c1-7(5-6-16-4)17(14,15)13-10-8(2)11-12-9(10)3/h7,13H,5-6H2,1-4H3,(H,11,12)/t7-/m1/s1. The molecule has 0 spiro atoms. The number of hydrogen-bond acceptors (Lipinski definition) is 4. The van der Waals surface area contributed by atoms with E-state index in [0.29, 0.717) is 30.1 Å². The number of sulfonamides is 1. The van der Waals surface area contributed by atoms with Gasteiger partial charge >= 0.3 is 0 Å².